The van der Waals surface area contributed by atoms with Crippen molar-refractivity contribution in [1.29, 1.82) is 0 Å². The molecule has 260 valence electrons. The summed E-state index contributed by atoms with van der Waals surface area (Å²) in [7, 11) is 0. The summed E-state index contributed by atoms with van der Waals surface area (Å²) in [6.07, 6.45) is 5.50. The van der Waals surface area contributed by atoms with Crippen LogP contribution in [0.3, 0.4) is 0 Å². The van der Waals surface area contributed by atoms with Gasteiger partial charge in [0.25, 0.3) is 5.91 Å². The number of nitrogens with zero attached hydrogens (tertiary/aromatic N) is 2. The largest absolute Gasteiger partial charge is 0.328 e. The highest BCUT2D eigenvalue weighted by molar-refractivity contribution is 5.97. The van der Waals surface area contributed by atoms with Crippen molar-refractivity contribution in [2.24, 2.45) is 5.92 Å². The molecule has 2 aromatic carbocycles. The highest BCUT2D eigenvalue weighted by atomic mass is 16.2. The number of rotatable bonds is 6. The van der Waals surface area contributed by atoms with E-state index in [0.717, 1.165) is 29.2 Å². The summed E-state index contributed by atoms with van der Waals surface area (Å²) in [4.78, 5) is 28.2. The third-order valence-corrected chi connectivity index (χ3v) is 8.39. The lowest BCUT2D eigenvalue weighted by atomic mass is 10.1. The van der Waals surface area contributed by atoms with Crippen molar-refractivity contribution in [3.05, 3.63) is 117 Å². The molecule has 4 heteroatoms. The minimum Gasteiger partial charge on any atom is -0.328 e. The van der Waals surface area contributed by atoms with Gasteiger partial charge in [0.15, 0.2) is 0 Å². The summed E-state index contributed by atoms with van der Waals surface area (Å²) in [6.45, 7) is 28.5. The van der Waals surface area contributed by atoms with Crippen molar-refractivity contribution in [2.45, 2.75) is 116 Å². The topological polar surface area (TPSA) is 40.6 Å². The van der Waals surface area contributed by atoms with E-state index in [0.29, 0.717) is 6.54 Å². The maximum atomic E-state index is 12.4. The molecule has 0 aromatic heterocycles. The van der Waals surface area contributed by atoms with Crippen LogP contribution in [-0.2, 0) is 9.59 Å². The number of carbonyl (C=O) groups excluding carboxylic acids is 2. The van der Waals surface area contributed by atoms with E-state index >= 15 is 0 Å². The SMILES string of the molecule is C.CC(C)=CC1=C(C)C(=O)N(C(C)c2ccccc2)C1.CC1=C(C)C(=O)N(C(C)c2ccccc2)C1.CC=C(C)C.CCC(C)C.[2HH].[2H][2H].[2H][2H]. The maximum Gasteiger partial charge on any atom is 0.250 e. The molecule has 0 radical (unpaired) electrons. The fraction of sp³-hybridized carbons (Fsp3) is 0.476. The highest BCUT2D eigenvalue weighted by Crippen LogP contribution is 2.30. The fourth-order valence-corrected chi connectivity index (χ4v) is 4.52. The number of hydrogen-bond acceptors (Lipinski definition) is 2. The molecule has 0 aliphatic carbocycles. The molecule has 2 unspecified atom stereocenters. The predicted molar refractivity (Wildman–Crippen MR) is 207 cm³/mol. The van der Waals surface area contributed by atoms with E-state index in [2.05, 4.69) is 98.7 Å². The summed E-state index contributed by atoms with van der Waals surface area (Å²) in [5.41, 5.74) is 9.11. The van der Waals surface area contributed by atoms with Crippen LogP contribution in [0.15, 0.2) is 106 Å². The van der Waals surface area contributed by atoms with Crippen LogP contribution >= 0.6 is 0 Å². The molecule has 0 N–H and O–H groups in total. The number of hydrogen-bond donors (Lipinski definition) is 0. The molecule has 2 aliphatic rings. The molecule has 46 heavy (non-hydrogen) atoms. The molecule has 2 aromatic rings. The van der Waals surface area contributed by atoms with Crippen LogP contribution in [0, 0.1) is 5.92 Å². The molecule has 4 rings (SSSR count). The third-order valence-electron chi connectivity index (χ3n) is 8.39. The standard InChI is InChI=1S/C17H21NO.C14H17NO.C5H12.C5H10.CH4.3H2/c1-12(2)10-16-11-18(17(19)13(16)3)14(4)15-8-6-5-7-9-15;1-10-9-15(14(16)11(10)2)12(3)13-7-5-4-6-8-13;2*1-4-5(2)3;;;;/h5-10,14H,11H2,1-4H3;4-8,12H,9H2,1-3H3;5H,4H2,1-3H3;4H,1-3H3;1H4;3*1H/i;;;;;2*1+1D;1+1. The zero-order valence-electron chi connectivity index (χ0n) is 34.5. The lowest BCUT2D eigenvalue weighted by Gasteiger charge is -2.25. The first kappa shape index (κ1) is 38.5. The minimum atomic E-state index is 0. The fourth-order valence-electron chi connectivity index (χ4n) is 4.52. The molecule has 0 fully saturated rings. The normalized spacial score (nSPS) is 15.4. The Kier molecular flexibility index (Phi) is 17.7. The van der Waals surface area contributed by atoms with Crippen LogP contribution < -0.4 is 0 Å². The Hall–Kier alpha value is -3.66. The number of amides is 2. The van der Waals surface area contributed by atoms with Crippen LogP contribution in [0.2, 0.25) is 0 Å². The van der Waals surface area contributed by atoms with Crippen molar-refractivity contribution >= 4 is 11.8 Å². The summed E-state index contributed by atoms with van der Waals surface area (Å²) in [5.74, 6) is 1.22. The van der Waals surface area contributed by atoms with E-state index in [9.17, 15) is 9.59 Å². The van der Waals surface area contributed by atoms with Gasteiger partial charge in [0.05, 0.1) is 12.1 Å². The molecule has 0 saturated heterocycles. The van der Waals surface area contributed by atoms with E-state index in [-0.39, 0.29) is 32.8 Å². The Morgan fingerprint density at radius 2 is 1.11 bits per heavy atom. The highest BCUT2D eigenvalue weighted by Gasteiger charge is 2.30. The summed E-state index contributed by atoms with van der Waals surface area (Å²) >= 11 is 0. The van der Waals surface area contributed by atoms with Gasteiger partial charge in [0.2, 0.25) is 5.91 Å². The predicted octanol–water partition coefficient (Wildman–Crippen LogP) is 12.2. The van der Waals surface area contributed by atoms with Gasteiger partial charge in [-0.2, -0.15) is 0 Å². The first-order valence-corrected chi connectivity index (χ1v) is 16.5. The van der Waals surface area contributed by atoms with Crippen LogP contribution in [0.25, 0.3) is 0 Å². The molecule has 4 nitrogen and oxygen atoms in total. The van der Waals surface area contributed by atoms with Crippen molar-refractivity contribution < 1.29 is 17.0 Å². The molecule has 2 heterocycles. The summed E-state index contributed by atoms with van der Waals surface area (Å²) in [5, 5.41) is 0. The van der Waals surface area contributed by atoms with Crippen LogP contribution in [-0.4, -0.2) is 34.7 Å². The summed E-state index contributed by atoms with van der Waals surface area (Å²) < 4.78 is 20.0. The van der Waals surface area contributed by atoms with Crippen molar-refractivity contribution in [3.63, 3.8) is 0 Å². The van der Waals surface area contributed by atoms with E-state index < -0.39 is 0 Å². The molecule has 2 amide bonds. The summed E-state index contributed by atoms with van der Waals surface area (Å²) in [6, 6.07) is 20.6. The van der Waals surface area contributed by atoms with Gasteiger partial charge in [0, 0.05) is 31.6 Å². The lowest BCUT2D eigenvalue weighted by Crippen LogP contribution is -2.30. The van der Waals surface area contributed by atoms with E-state index in [1.807, 2.05) is 73.9 Å². The lowest BCUT2D eigenvalue weighted by molar-refractivity contribution is -0.128. The van der Waals surface area contributed by atoms with Crippen molar-refractivity contribution in [3.8, 4) is 0 Å². The minimum absolute atomic E-state index is 0. The number of carbonyl (C=O) groups is 2. The van der Waals surface area contributed by atoms with Crippen LogP contribution in [0.4, 0.5) is 0 Å². The quantitative estimate of drug-likeness (QED) is 0.295. The zero-order valence-corrected chi connectivity index (χ0v) is 30.5. The van der Waals surface area contributed by atoms with Crippen LogP contribution in [0.1, 0.15) is 134 Å². The molecule has 0 saturated carbocycles. The van der Waals surface area contributed by atoms with Gasteiger partial charge in [-0.3, -0.25) is 9.59 Å². The Morgan fingerprint density at radius 1 is 0.739 bits per heavy atom. The number of benzene rings is 2. The average molecular weight is 640 g/mol. The molecule has 0 spiro atoms. The molecule has 2 atom stereocenters. The van der Waals surface area contributed by atoms with Gasteiger partial charge in [-0.1, -0.05) is 119 Å². The van der Waals surface area contributed by atoms with Crippen LogP contribution in [0.5, 0.6) is 0 Å². The maximum absolute atomic E-state index is 12.4. The van der Waals surface area contributed by atoms with Gasteiger partial charge in [0.1, 0.15) is 0 Å². The van der Waals surface area contributed by atoms with Gasteiger partial charge < -0.3 is 9.80 Å². The first-order valence-electron chi connectivity index (χ1n) is 18.5. The Morgan fingerprint density at radius 3 is 1.41 bits per heavy atom. The van der Waals surface area contributed by atoms with Crippen molar-refractivity contribution in [2.75, 3.05) is 13.1 Å². The van der Waals surface area contributed by atoms with Gasteiger partial charge in [-0.15, -0.1) is 0 Å². The Labute approximate surface area is 290 Å². The monoisotopic (exact) mass is 640 g/mol. The molecule has 2 aliphatic heterocycles. The molecular formula is C42H70N2O2. The van der Waals surface area contributed by atoms with Crippen molar-refractivity contribution in [1.82, 2.24) is 9.80 Å². The second kappa shape index (κ2) is 21.2. The Balaban J connectivity index is -0.000000311. The van der Waals surface area contributed by atoms with E-state index in [1.165, 1.54) is 34.3 Å². The van der Waals surface area contributed by atoms with Gasteiger partial charge >= 0.3 is 0 Å². The Bertz CT molecular complexity index is 1360. The van der Waals surface area contributed by atoms with E-state index in [4.69, 9.17) is 5.94 Å². The van der Waals surface area contributed by atoms with E-state index in [1.54, 1.807) is 0 Å². The first-order chi connectivity index (χ1) is 23.2. The average Bonchev–Trinajstić information content (AvgIpc) is 3.54. The smallest absolute Gasteiger partial charge is 0.250 e. The number of allylic oxidation sites excluding steroid dienone is 3. The second-order valence-corrected chi connectivity index (χ2v) is 13.0. The molecular weight excluding hydrogens is 564 g/mol. The molecule has 0 bridgehead atoms. The van der Waals surface area contributed by atoms with Gasteiger partial charge in [-0.05, 0) is 97.4 Å². The third kappa shape index (κ3) is 13.4. The van der Waals surface area contributed by atoms with Gasteiger partial charge in [-0.25, -0.2) is 0 Å². The second-order valence-electron chi connectivity index (χ2n) is 13.0. The zero-order chi connectivity index (χ0) is 38.3.